The largest absolute Gasteiger partial charge is 0.381 e. The van der Waals surface area contributed by atoms with Crippen LogP contribution in [0.15, 0.2) is 0 Å². The highest BCUT2D eigenvalue weighted by atomic mass is 16.5. The van der Waals surface area contributed by atoms with Gasteiger partial charge in [0.15, 0.2) is 0 Å². The van der Waals surface area contributed by atoms with Gasteiger partial charge in [-0.3, -0.25) is 9.69 Å². The van der Waals surface area contributed by atoms with E-state index in [1.807, 2.05) is 0 Å². The number of fused-ring (bicyclic) bond motifs is 2. The number of rotatable bonds is 1. The van der Waals surface area contributed by atoms with Crippen molar-refractivity contribution in [3.63, 3.8) is 0 Å². The molecule has 2 atom stereocenters. The van der Waals surface area contributed by atoms with Crippen molar-refractivity contribution < 1.29 is 9.53 Å². The van der Waals surface area contributed by atoms with E-state index in [0.29, 0.717) is 23.4 Å². The van der Waals surface area contributed by atoms with E-state index < -0.39 is 0 Å². The molecule has 3 nitrogen and oxygen atoms in total. The first-order valence-electron chi connectivity index (χ1n) is 6.57. The lowest BCUT2D eigenvalue weighted by molar-refractivity contribution is -0.128. The zero-order chi connectivity index (χ0) is 11.2. The molecule has 0 saturated carbocycles. The van der Waals surface area contributed by atoms with Crippen LogP contribution >= 0.6 is 0 Å². The Labute approximate surface area is 97.1 Å². The van der Waals surface area contributed by atoms with Gasteiger partial charge in [0.1, 0.15) is 5.78 Å². The Kier molecular flexibility index (Phi) is 2.55. The summed E-state index contributed by atoms with van der Waals surface area (Å²) in [5.41, 5.74) is 0.296. The summed E-state index contributed by atoms with van der Waals surface area (Å²) in [6.07, 6.45) is 6.32. The minimum absolute atomic E-state index is 0.296. The first kappa shape index (κ1) is 10.7. The molecule has 3 heteroatoms. The molecule has 2 bridgehead atoms. The van der Waals surface area contributed by atoms with E-state index in [9.17, 15) is 4.79 Å². The Morgan fingerprint density at radius 1 is 1.19 bits per heavy atom. The second kappa shape index (κ2) is 3.81. The van der Waals surface area contributed by atoms with Gasteiger partial charge in [-0.2, -0.15) is 0 Å². The van der Waals surface area contributed by atoms with Gasteiger partial charge >= 0.3 is 0 Å². The number of piperidine rings is 1. The van der Waals surface area contributed by atoms with Crippen LogP contribution in [0.3, 0.4) is 0 Å². The predicted octanol–water partition coefficient (Wildman–Crippen LogP) is 1.75. The fraction of sp³-hybridized carbons (Fsp3) is 0.923. The average Bonchev–Trinajstić information content (AvgIpc) is 2.54. The van der Waals surface area contributed by atoms with Crippen LogP contribution < -0.4 is 0 Å². The zero-order valence-corrected chi connectivity index (χ0v) is 10.1. The summed E-state index contributed by atoms with van der Waals surface area (Å²) in [5, 5.41) is 0. The minimum Gasteiger partial charge on any atom is -0.381 e. The van der Waals surface area contributed by atoms with Crippen LogP contribution in [-0.2, 0) is 9.53 Å². The van der Waals surface area contributed by atoms with Gasteiger partial charge in [0.25, 0.3) is 0 Å². The quantitative estimate of drug-likeness (QED) is 0.678. The Hall–Kier alpha value is -0.410. The summed E-state index contributed by atoms with van der Waals surface area (Å²) in [6.45, 7) is 4.15. The molecule has 90 valence electrons. The third-order valence-corrected chi connectivity index (χ3v) is 4.74. The standard InChI is InChI=1S/C13H21NO2/c1-13(4-6-16-7-5-13)14-10-2-3-11(14)9-12(15)8-10/h10-11H,2-9H2,1H3. The van der Waals surface area contributed by atoms with Crippen LogP contribution in [-0.4, -0.2) is 41.5 Å². The molecular formula is C13H21NO2. The van der Waals surface area contributed by atoms with Crippen LogP contribution in [0.2, 0.25) is 0 Å². The lowest BCUT2D eigenvalue weighted by Gasteiger charge is -2.49. The highest BCUT2D eigenvalue weighted by Crippen LogP contribution is 2.42. The van der Waals surface area contributed by atoms with Crippen LogP contribution in [0.5, 0.6) is 0 Å². The number of ether oxygens (including phenoxy) is 1. The van der Waals surface area contributed by atoms with E-state index >= 15 is 0 Å². The summed E-state index contributed by atoms with van der Waals surface area (Å²) in [6, 6.07) is 1.07. The smallest absolute Gasteiger partial charge is 0.136 e. The normalized spacial score (nSPS) is 38.9. The molecule has 3 aliphatic rings. The number of nitrogens with zero attached hydrogens (tertiary/aromatic N) is 1. The summed E-state index contributed by atoms with van der Waals surface area (Å²) < 4.78 is 5.47. The first-order chi connectivity index (χ1) is 7.69. The van der Waals surface area contributed by atoms with Crippen molar-refractivity contribution in [1.82, 2.24) is 4.90 Å². The molecule has 0 aromatic rings. The van der Waals surface area contributed by atoms with E-state index in [1.165, 1.54) is 12.8 Å². The number of ketones is 1. The van der Waals surface area contributed by atoms with E-state index in [4.69, 9.17) is 4.74 Å². The molecule has 0 radical (unpaired) electrons. The molecule has 0 aromatic carbocycles. The van der Waals surface area contributed by atoms with Gasteiger partial charge in [-0.1, -0.05) is 0 Å². The Morgan fingerprint density at radius 3 is 2.31 bits per heavy atom. The van der Waals surface area contributed by atoms with Crippen LogP contribution in [0.1, 0.15) is 45.4 Å². The molecule has 3 rings (SSSR count). The number of hydrogen-bond acceptors (Lipinski definition) is 3. The predicted molar refractivity (Wildman–Crippen MR) is 61.3 cm³/mol. The lowest BCUT2D eigenvalue weighted by atomic mass is 9.85. The van der Waals surface area contributed by atoms with Gasteiger partial charge in [0, 0.05) is 43.7 Å². The van der Waals surface area contributed by atoms with Crippen molar-refractivity contribution in [2.24, 2.45) is 0 Å². The molecule has 3 aliphatic heterocycles. The molecule has 0 N–H and O–H groups in total. The molecule has 0 spiro atoms. The topological polar surface area (TPSA) is 29.5 Å². The van der Waals surface area contributed by atoms with Gasteiger partial charge < -0.3 is 4.74 Å². The van der Waals surface area contributed by atoms with E-state index in [1.54, 1.807) is 0 Å². The SMILES string of the molecule is CC1(N2C3CCC2CC(=O)C3)CCOCC1. The van der Waals surface area contributed by atoms with Crippen LogP contribution in [0.4, 0.5) is 0 Å². The number of carbonyl (C=O) groups excluding carboxylic acids is 1. The van der Waals surface area contributed by atoms with Crippen molar-refractivity contribution in [2.45, 2.75) is 63.1 Å². The van der Waals surface area contributed by atoms with E-state index in [2.05, 4.69) is 11.8 Å². The van der Waals surface area contributed by atoms with Gasteiger partial charge in [0.05, 0.1) is 0 Å². The summed E-state index contributed by atoms with van der Waals surface area (Å²) >= 11 is 0. The van der Waals surface area contributed by atoms with Crippen molar-refractivity contribution in [3.05, 3.63) is 0 Å². The van der Waals surface area contributed by atoms with Gasteiger partial charge in [-0.15, -0.1) is 0 Å². The van der Waals surface area contributed by atoms with E-state index in [-0.39, 0.29) is 0 Å². The van der Waals surface area contributed by atoms with Gasteiger partial charge in [-0.25, -0.2) is 0 Å². The average molecular weight is 223 g/mol. The minimum atomic E-state index is 0.296. The van der Waals surface area contributed by atoms with Crippen LogP contribution in [0, 0.1) is 0 Å². The van der Waals surface area contributed by atoms with Gasteiger partial charge in [0.2, 0.25) is 0 Å². The Bertz CT molecular complexity index is 280. The second-order valence-corrected chi connectivity index (χ2v) is 5.85. The molecule has 0 amide bonds. The number of Topliss-reactive ketones (excluding diaryl/α,β-unsaturated/α-hetero) is 1. The first-order valence-corrected chi connectivity index (χ1v) is 6.57. The number of carbonyl (C=O) groups is 1. The van der Waals surface area contributed by atoms with E-state index in [0.717, 1.165) is 38.9 Å². The lowest BCUT2D eigenvalue weighted by Crippen LogP contribution is -2.58. The third-order valence-electron chi connectivity index (χ3n) is 4.74. The molecule has 0 aliphatic carbocycles. The molecule has 2 unspecified atom stereocenters. The molecule has 16 heavy (non-hydrogen) atoms. The third kappa shape index (κ3) is 1.61. The van der Waals surface area contributed by atoms with Crippen molar-refractivity contribution >= 4 is 5.78 Å². The van der Waals surface area contributed by atoms with Crippen LogP contribution in [0.25, 0.3) is 0 Å². The summed E-state index contributed by atoms with van der Waals surface area (Å²) in [5.74, 6) is 0.486. The fourth-order valence-corrected chi connectivity index (χ4v) is 3.92. The molecule has 0 aromatic heterocycles. The highest BCUT2D eigenvalue weighted by molar-refractivity contribution is 5.81. The number of hydrogen-bond donors (Lipinski definition) is 0. The molecule has 3 fully saturated rings. The fourth-order valence-electron chi connectivity index (χ4n) is 3.92. The Morgan fingerprint density at radius 2 is 1.75 bits per heavy atom. The highest BCUT2D eigenvalue weighted by Gasteiger charge is 2.48. The maximum atomic E-state index is 11.6. The van der Waals surface area contributed by atoms with Gasteiger partial charge in [-0.05, 0) is 32.6 Å². The second-order valence-electron chi connectivity index (χ2n) is 5.85. The van der Waals surface area contributed by atoms with Crippen molar-refractivity contribution in [2.75, 3.05) is 13.2 Å². The Balaban J connectivity index is 1.81. The van der Waals surface area contributed by atoms with Crippen molar-refractivity contribution in [3.8, 4) is 0 Å². The maximum Gasteiger partial charge on any atom is 0.136 e. The molecular weight excluding hydrogens is 202 g/mol. The van der Waals surface area contributed by atoms with Crippen molar-refractivity contribution in [1.29, 1.82) is 0 Å². The summed E-state index contributed by atoms with van der Waals surface area (Å²) in [4.78, 5) is 14.3. The monoisotopic (exact) mass is 223 g/mol. The molecule has 3 saturated heterocycles. The molecule has 3 heterocycles. The summed E-state index contributed by atoms with van der Waals surface area (Å²) in [7, 11) is 0. The zero-order valence-electron chi connectivity index (χ0n) is 10.1. The maximum absolute atomic E-state index is 11.6.